The number of hydrogen-bond donors (Lipinski definition) is 2. The van der Waals surface area contributed by atoms with Crippen LogP contribution in [0.25, 0.3) is 10.9 Å². The van der Waals surface area contributed by atoms with E-state index in [0.717, 1.165) is 22.2 Å². The fraction of sp³-hybridized carbons (Fsp3) is 0.412. The lowest BCUT2D eigenvalue weighted by Gasteiger charge is -2.20. The van der Waals surface area contributed by atoms with Crippen molar-refractivity contribution in [3.63, 3.8) is 0 Å². The molecule has 118 valence electrons. The molecule has 5 nitrogen and oxygen atoms in total. The second-order valence-corrected chi connectivity index (χ2v) is 5.31. The molecule has 0 atom stereocenters. The summed E-state index contributed by atoms with van der Waals surface area (Å²) in [5, 5.41) is 3.80. The third-order valence-corrected chi connectivity index (χ3v) is 3.80. The predicted octanol–water partition coefficient (Wildman–Crippen LogP) is 2.00. The Morgan fingerprint density at radius 2 is 1.95 bits per heavy atom. The van der Waals surface area contributed by atoms with Gasteiger partial charge in [0.2, 0.25) is 11.8 Å². The molecular weight excluding hydrogens is 278 g/mol. The molecule has 1 aromatic carbocycles. The maximum absolute atomic E-state index is 12.5. The van der Waals surface area contributed by atoms with Crippen LogP contribution in [0.3, 0.4) is 0 Å². The topological polar surface area (TPSA) is 65.2 Å². The van der Waals surface area contributed by atoms with Crippen LogP contribution in [-0.4, -0.2) is 41.3 Å². The Bertz CT molecular complexity index is 676. The number of hydrogen-bond acceptors (Lipinski definition) is 2. The van der Waals surface area contributed by atoms with Gasteiger partial charge in [0, 0.05) is 29.7 Å². The summed E-state index contributed by atoms with van der Waals surface area (Å²) in [5.41, 5.74) is 3.05. The first-order valence-electron chi connectivity index (χ1n) is 7.67. The van der Waals surface area contributed by atoms with Gasteiger partial charge in [0.05, 0.1) is 13.0 Å². The molecule has 0 saturated heterocycles. The van der Waals surface area contributed by atoms with Crippen molar-refractivity contribution in [3.05, 3.63) is 35.5 Å². The lowest BCUT2D eigenvalue weighted by molar-refractivity contribution is -0.135. The van der Waals surface area contributed by atoms with Crippen LogP contribution in [-0.2, 0) is 16.0 Å². The number of carbonyl (C=O) groups is 2. The van der Waals surface area contributed by atoms with Crippen LogP contribution in [0.5, 0.6) is 0 Å². The Balaban J connectivity index is 2.15. The molecule has 0 unspecified atom stereocenters. The first-order valence-corrected chi connectivity index (χ1v) is 7.67. The van der Waals surface area contributed by atoms with Crippen molar-refractivity contribution in [2.45, 2.75) is 27.2 Å². The summed E-state index contributed by atoms with van der Waals surface area (Å²) in [6, 6.07) is 7.96. The number of nitrogens with zero attached hydrogens (tertiary/aromatic N) is 1. The van der Waals surface area contributed by atoms with Crippen LogP contribution in [0, 0.1) is 6.92 Å². The molecule has 1 aromatic heterocycles. The maximum Gasteiger partial charge on any atom is 0.239 e. The summed E-state index contributed by atoms with van der Waals surface area (Å²) in [7, 11) is 0. The second kappa shape index (κ2) is 7.11. The van der Waals surface area contributed by atoms with Crippen molar-refractivity contribution in [3.8, 4) is 0 Å². The molecular formula is C17H23N3O2. The van der Waals surface area contributed by atoms with Gasteiger partial charge in [-0.1, -0.05) is 18.2 Å². The zero-order valence-corrected chi connectivity index (χ0v) is 13.4. The lowest BCUT2D eigenvalue weighted by atomic mass is 10.1. The van der Waals surface area contributed by atoms with Crippen LogP contribution in [0.15, 0.2) is 24.3 Å². The largest absolute Gasteiger partial charge is 0.358 e. The summed E-state index contributed by atoms with van der Waals surface area (Å²) in [6.07, 6.45) is 0.309. The molecule has 22 heavy (non-hydrogen) atoms. The molecule has 2 rings (SSSR count). The van der Waals surface area contributed by atoms with E-state index in [2.05, 4.69) is 10.3 Å². The molecule has 2 N–H and O–H groups in total. The van der Waals surface area contributed by atoms with Crippen LogP contribution in [0.4, 0.5) is 0 Å². The van der Waals surface area contributed by atoms with Gasteiger partial charge in [-0.2, -0.15) is 0 Å². The number of H-pyrrole nitrogens is 1. The van der Waals surface area contributed by atoms with Crippen molar-refractivity contribution < 1.29 is 9.59 Å². The Hall–Kier alpha value is -2.30. The normalized spacial score (nSPS) is 10.7. The van der Waals surface area contributed by atoms with E-state index in [-0.39, 0.29) is 18.4 Å². The first-order chi connectivity index (χ1) is 10.6. The van der Waals surface area contributed by atoms with Crippen LogP contribution >= 0.6 is 0 Å². The van der Waals surface area contributed by atoms with Gasteiger partial charge < -0.3 is 15.2 Å². The number of amides is 2. The zero-order chi connectivity index (χ0) is 16.1. The van der Waals surface area contributed by atoms with E-state index in [1.807, 2.05) is 45.0 Å². The molecule has 0 aliphatic carbocycles. The molecule has 0 saturated carbocycles. The van der Waals surface area contributed by atoms with Gasteiger partial charge in [-0.05, 0) is 32.4 Å². The number of aryl methyl sites for hydroxylation is 1. The molecule has 0 aliphatic rings. The number of para-hydroxylation sites is 1. The van der Waals surface area contributed by atoms with Crippen molar-refractivity contribution >= 4 is 22.7 Å². The number of likely N-dealkylation sites (N-methyl/N-ethyl adjacent to an activating group) is 2. The van der Waals surface area contributed by atoms with E-state index in [4.69, 9.17) is 0 Å². The Labute approximate surface area is 130 Å². The highest BCUT2D eigenvalue weighted by Gasteiger charge is 2.18. The Kier molecular flexibility index (Phi) is 5.20. The summed E-state index contributed by atoms with van der Waals surface area (Å²) < 4.78 is 0. The van der Waals surface area contributed by atoms with Crippen LogP contribution in [0.1, 0.15) is 25.1 Å². The van der Waals surface area contributed by atoms with E-state index in [0.29, 0.717) is 19.5 Å². The summed E-state index contributed by atoms with van der Waals surface area (Å²) in [6.45, 7) is 6.95. The van der Waals surface area contributed by atoms with Gasteiger partial charge in [0.15, 0.2) is 0 Å². The minimum atomic E-state index is -0.117. The lowest BCUT2D eigenvalue weighted by Crippen LogP contribution is -2.41. The van der Waals surface area contributed by atoms with Crippen molar-refractivity contribution in [1.29, 1.82) is 0 Å². The third-order valence-electron chi connectivity index (χ3n) is 3.80. The van der Waals surface area contributed by atoms with Gasteiger partial charge >= 0.3 is 0 Å². The summed E-state index contributed by atoms with van der Waals surface area (Å²) >= 11 is 0. The van der Waals surface area contributed by atoms with Crippen LogP contribution in [0.2, 0.25) is 0 Å². The van der Waals surface area contributed by atoms with Gasteiger partial charge in [0.1, 0.15) is 0 Å². The highest BCUT2D eigenvalue weighted by atomic mass is 16.2. The van der Waals surface area contributed by atoms with E-state index in [1.54, 1.807) is 4.90 Å². The Morgan fingerprint density at radius 1 is 1.23 bits per heavy atom. The van der Waals surface area contributed by atoms with Gasteiger partial charge in [0.25, 0.3) is 0 Å². The number of aromatic amines is 1. The van der Waals surface area contributed by atoms with Crippen LogP contribution < -0.4 is 5.32 Å². The fourth-order valence-electron chi connectivity index (χ4n) is 2.63. The average Bonchev–Trinajstić information content (AvgIpc) is 2.81. The minimum absolute atomic E-state index is 0.0263. The van der Waals surface area contributed by atoms with E-state index < -0.39 is 0 Å². The van der Waals surface area contributed by atoms with Crippen molar-refractivity contribution in [2.24, 2.45) is 0 Å². The predicted molar refractivity (Wildman–Crippen MR) is 87.7 cm³/mol. The molecule has 2 amide bonds. The van der Waals surface area contributed by atoms with Gasteiger partial charge in [-0.3, -0.25) is 9.59 Å². The van der Waals surface area contributed by atoms with Crippen molar-refractivity contribution in [2.75, 3.05) is 19.6 Å². The number of nitrogens with one attached hydrogen (secondary N) is 2. The number of rotatable bonds is 6. The number of carbonyl (C=O) groups excluding carboxylic acids is 2. The Morgan fingerprint density at radius 3 is 2.64 bits per heavy atom. The average molecular weight is 301 g/mol. The summed E-state index contributed by atoms with van der Waals surface area (Å²) in [5.74, 6) is -0.144. The summed E-state index contributed by atoms with van der Waals surface area (Å²) in [4.78, 5) is 29.1. The molecule has 2 aromatic rings. The quantitative estimate of drug-likeness (QED) is 0.857. The monoisotopic (exact) mass is 301 g/mol. The number of benzene rings is 1. The molecule has 0 fully saturated rings. The molecule has 1 heterocycles. The maximum atomic E-state index is 12.5. The van der Waals surface area contributed by atoms with E-state index >= 15 is 0 Å². The molecule has 0 radical (unpaired) electrons. The van der Waals surface area contributed by atoms with E-state index in [9.17, 15) is 9.59 Å². The number of aromatic nitrogens is 1. The van der Waals surface area contributed by atoms with E-state index in [1.165, 1.54) is 0 Å². The SMILES string of the molecule is CCNC(=O)CN(CC)C(=O)Cc1c(C)[nH]c2ccccc12. The van der Waals surface area contributed by atoms with Gasteiger partial charge in [-0.25, -0.2) is 0 Å². The number of fused-ring (bicyclic) bond motifs is 1. The third kappa shape index (κ3) is 3.47. The second-order valence-electron chi connectivity index (χ2n) is 5.31. The smallest absolute Gasteiger partial charge is 0.239 e. The van der Waals surface area contributed by atoms with Crippen molar-refractivity contribution in [1.82, 2.24) is 15.2 Å². The zero-order valence-electron chi connectivity index (χ0n) is 13.4. The van der Waals surface area contributed by atoms with Gasteiger partial charge in [-0.15, -0.1) is 0 Å². The molecule has 0 spiro atoms. The fourth-order valence-corrected chi connectivity index (χ4v) is 2.63. The standard InChI is InChI=1S/C17H23N3O2/c1-4-18-16(21)11-20(5-2)17(22)10-14-12(3)19-15-9-7-6-8-13(14)15/h6-9,19H,4-5,10-11H2,1-3H3,(H,18,21). The minimum Gasteiger partial charge on any atom is -0.358 e. The first kappa shape index (κ1) is 16.1. The molecule has 5 heteroatoms. The molecule has 0 bridgehead atoms. The highest BCUT2D eigenvalue weighted by molar-refractivity contribution is 5.91. The molecule has 0 aliphatic heterocycles. The highest BCUT2D eigenvalue weighted by Crippen LogP contribution is 2.22.